The molecule has 6 heteroatoms. The van der Waals surface area contributed by atoms with Crippen molar-refractivity contribution in [1.82, 2.24) is 8.87 Å². The lowest BCUT2D eigenvalue weighted by molar-refractivity contribution is 0.403. The molecule has 0 aliphatic heterocycles. The van der Waals surface area contributed by atoms with E-state index >= 15 is 0 Å². The standard InChI is InChI=1S/C17H17FN2O2S/c1-19(2)12-13-10-14(18)11-17-16(13)8-9-20(17)23(21,22)15-6-4-3-5-7-15/h3-11H,12H2,1-2H3. The van der Waals surface area contributed by atoms with Gasteiger partial charge in [-0.3, -0.25) is 0 Å². The van der Waals surface area contributed by atoms with E-state index in [0.29, 0.717) is 12.1 Å². The van der Waals surface area contributed by atoms with Gasteiger partial charge in [0.05, 0.1) is 10.4 Å². The molecule has 3 aromatic rings. The molecule has 0 atom stereocenters. The molecular formula is C17H17FN2O2S. The molecule has 2 aromatic carbocycles. The van der Waals surface area contributed by atoms with E-state index in [1.807, 2.05) is 19.0 Å². The quantitative estimate of drug-likeness (QED) is 0.737. The smallest absolute Gasteiger partial charge is 0.268 e. The Kier molecular flexibility index (Phi) is 3.95. The topological polar surface area (TPSA) is 42.3 Å². The molecule has 0 unspecified atom stereocenters. The van der Waals surface area contributed by atoms with Crippen LogP contribution in [-0.4, -0.2) is 31.4 Å². The number of hydrogen-bond acceptors (Lipinski definition) is 3. The van der Waals surface area contributed by atoms with Gasteiger partial charge in [-0.2, -0.15) is 0 Å². The van der Waals surface area contributed by atoms with Crippen LogP contribution in [0.3, 0.4) is 0 Å². The molecule has 0 aliphatic carbocycles. The van der Waals surface area contributed by atoms with E-state index in [1.54, 1.807) is 24.3 Å². The number of nitrogens with zero attached hydrogens (tertiary/aromatic N) is 2. The minimum Gasteiger partial charge on any atom is -0.305 e. The van der Waals surface area contributed by atoms with Gasteiger partial charge in [-0.15, -0.1) is 0 Å². The van der Waals surface area contributed by atoms with Gasteiger partial charge in [0, 0.05) is 18.1 Å². The van der Waals surface area contributed by atoms with Crippen molar-refractivity contribution >= 4 is 20.9 Å². The first-order chi connectivity index (χ1) is 10.9. The van der Waals surface area contributed by atoms with E-state index < -0.39 is 15.8 Å². The average Bonchev–Trinajstić information content (AvgIpc) is 2.92. The van der Waals surface area contributed by atoms with Crippen LogP contribution in [-0.2, 0) is 16.6 Å². The molecule has 4 nitrogen and oxygen atoms in total. The highest BCUT2D eigenvalue weighted by atomic mass is 32.2. The molecule has 0 amide bonds. The lowest BCUT2D eigenvalue weighted by atomic mass is 10.1. The average molecular weight is 332 g/mol. The third kappa shape index (κ3) is 2.87. The largest absolute Gasteiger partial charge is 0.305 e. The van der Waals surface area contributed by atoms with E-state index in [-0.39, 0.29) is 4.90 Å². The predicted molar refractivity (Wildman–Crippen MR) is 88.3 cm³/mol. The molecule has 0 bridgehead atoms. The second-order valence-corrected chi connectivity index (χ2v) is 7.48. The number of benzene rings is 2. The highest BCUT2D eigenvalue weighted by Gasteiger charge is 2.20. The summed E-state index contributed by atoms with van der Waals surface area (Å²) in [4.78, 5) is 2.09. The van der Waals surface area contributed by atoms with Crippen molar-refractivity contribution in [3.8, 4) is 0 Å². The number of aromatic nitrogens is 1. The van der Waals surface area contributed by atoms with Gasteiger partial charge in [0.1, 0.15) is 5.82 Å². The van der Waals surface area contributed by atoms with Crippen LogP contribution in [0.15, 0.2) is 59.6 Å². The third-order valence-electron chi connectivity index (χ3n) is 3.61. The van der Waals surface area contributed by atoms with Gasteiger partial charge in [-0.05, 0) is 50.0 Å². The van der Waals surface area contributed by atoms with Gasteiger partial charge >= 0.3 is 0 Å². The predicted octanol–water partition coefficient (Wildman–Crippen LogP) is 3.08. The zero-order chi connectivity index (χ0) is 16.6. The van der Waals surface area contributed by atoms with E-state index in [0.717, 1.165) is 14.9 Å². The van der Waals surface area contributed by atoms with Crippen LogP contribution >= 0.6 is 0 Å². The van der Waals surface area contributed by atoms with Crippen molar-refractivity contribution in [3.05, 3.63) is 66.1 Å². The van der Waals surface area contributed by atoms with Crippen molar-refractivity contribution in [2.45, 2.75) is 11.4 Å². The summed E-state index contributed by atoms with van der Waals surface area (Å²) in [6.07, 6.45) is 1.48. The summed E-state index contributed by atoms with van der Waals surface area (Å²) in [5.41, 5.74) is 1.11. The fourth-order valence-electron chi connectivity index (χ4n) is 2.64. The summed E-state index contributed by atoms with van der Waals surface area (Å²) in [6.45, 7) is 0.531. The van der Waals surface area contributed by atoms with Crippen LogP contribution in [0.25, 0.3) is 10.9 Å². The summed E-state index contributed by atoms with van der Waals surface area (Å²) in [5.74, 6) is -0.447. The number of hydrogen-bond donors (Lipinski definition) is 0. The maximum absolute atomic E-state index is 14.0. The molecule has 0 spiro atoms. The lowest BCUT2D eigenvalue weighted by Gasteiger charge is -2.12. The van der Waals surface area contributed by atoms with E-state index in [9.17, 15) is 12.8 Å². The van der Waals surface area contributed by atoms with Gasteiger partial charge in [-0.25, -0.2) is 16.8 Å². The Morgan fingerprint density at radius 3 is 2.43 bits per heavy atom. The van der Waals surface area contributed by atoms with Crippen LogP contribution in [0.2, 0.25) is 0 Å². The molecule has 0 fully saturated rings. The molecule has 0 aliphatic rings. The van der Waals surface area contributed by atoms with E-state index in [4.69, 9.17) is 0 Å². The van der Waals surface area contributed by atoms with E-state index in [2.05, 4.69) is 0 Å². The summed E-state index contributed by atoms with van der Waals surface area (Å²) >= 11 is 0. The Labute approximate surface area is 134 Å². The molecule has 1 aromatic heterocycles. The minimum atomic E-state index is -3.75. The van der Waals surface area contributed by atoms with Crippen molar-refractivity contribution in [2.24, 2.45) is 0 Å². The summed E-state index contributed by atoms with van der Waals surface area (Å²) in [7, 11) is 0.0189. The van der Waals surface area contributed by atoms with Crippen molar-refractivity contribution in [2.75, 3.05) is 14.1 Å². The highest BCUT2D eigenvalue weighted by molar-refractivity contribution is 7.90. The summed E-state index contributed by atoms with van der Waals surface area (Å²) in [6, 6.07) is 12.6. The number of halogens is 1. The molecule has 120 valence electrons. The first-order valence-corrected chi connectivity index (χ1v) is 8.58. The van der Waals surface area contributed by atoms with Gasteiger partial charge in [0.15, 0.2) is 0 Å². The Morgan fingerprint density at radius 2 is 1.78 bits per heavy atom. The van der Waals surface area contributed by atoms with Crippen LogP contribution in [0, 0.1) is 5.82 Å². The Hall–Kier alpha value is -2.18. The van der Waals surface area contributed by atoms with Gasteiger partial charge in [0.2, 0.25) is 0 Å². The molecule has 1 heterocycles. The normalized spacial score (nSPS) is 12.2. The van der Waals surface area contributed by atoms with Crippen LogP contribution in [0.1, 0.15) is 5.56 Å². The Bertz CT molecular complexity index is 947. The second kappa shape index (κ2) is 5.79. The first kappa shape index (κ1) is 15.7. The summed E-state index contributed by atoms with van der Waals surface area (Å²) in [5, 5.41) is 0.736. The molecular weight excluding hydrogens is 315 g/mol. The molecule has 3 rings (SSSR count). The Morgan fingerprint density at radius 1 is 1.09 bits per heavy atom. The molecule has 0 saturated carbocycles. The first-order valence-electron chi connectivity index (χ1n) is 7.14. The van der Waals surface area contributed by atoms with Crippen molar-refractivity contribution in [3.63, 3.8) is 0 Å². The fraction of sp³-hybridized carbons (Fsp3) is 0.176. The molecule has 0 saturated heterocycles. The maximum Gasteiger partial charge on any atom is 0.268 e. The van der Waals surface area contributed by atoms with Gasteiger partial charge in [0.25, 0.3) is 10.0 Å². The van der Waals surface area contributed by atoms with Crippen molar-refractivity contribution in [1.29, 1.82) is 0 Å². The monoisotopic (exact) mass is 332 g/mol. The van der Waals surface area contributed by atoms with Crippen LogP contribution in [0.5, 0.6) is 0 Å². The lowest BCUT2D eigenvalue weighted by Crippen LogP contribution is -2.13. The third-order valence-corrected chi connectivity index (χ3v) is 5.31. The number of fused-ring (bicyclic) bond motifs is 1. The van der Waals surface area contributed by atoms with Crippen LogP contribution < -0.4 is 0 Å². The van der Waals surface area contributed by atoms with Crippen LogP contribution in [0.4, 0.5) is 4.39 Å². The zero-order valence-electron chi connectivity index (χ0n) is 12.9. The Balaban J connectivity index is 2.22. The molecule has 0 N–H and O–H groups in total. The van der Waals surface area contributed by atoms with Crippen molar-refractivity contribution < 1.29 is 12.8 Å². The SMILES string of the molecule is CN(C)Cc1cc(F)cc2c1ccn2S(=O)(=O)c1ccccc1. The molecule has 23 heavy (non-hydrogen) atoms. The van der Waals surface area contributed by atoms with Gasteiger partial charge < -0.3 is 4.90 Å². The fourth-order valence-corrected chi connectivity index (χ4v) is 4.00. The number of rotatable bonds is 4. The minimum absolute atomic E-state index is 0.177. The summed E-state index contributed by atoms with van der Waals surface area (Å²) < 4.78 is 40.7. The van der Waals surface area contributed by atoms with E-state index in [1.165, 1.54) is 30.5 Å². The molecule has 0 radical (unpaired) electrons. The maximum atomic E-state index is 14.0. The van der Waals surface area contributed by atoms with Gasteiger partial charge in [-0.1, -0.05) is 18.2 Å². The zero-order valence-corrected chi connectivity index (χ0v) is 13.7. The highest BCUT2D eigenvalue weighted by Crippen LogP contribution is 2.26. The second-order valence-electron chi connectivity index (χ2n) is 5.67.